The predicted molar refractivity (Wildman–Crippen MR) is 78.6 cm³/mol. The molecule has 0 spiro atoms. The molecule has 0 saturated heterocycles. The Morgan fingerprint density at radius 2 is 1.71 bits per heavy atom. The van der Waals surface area contributed by atoms with E-state index in [9.17, 15) is 4.79 Å². The molecule has 1 amide bonds. The molecule has 0 radical (unpaired) electrons. The fraction of sp³-hybridized carbons (Fsp3) is 0.929. The third kappa shape index (κ3) is 7.80. The number of unbranched alkanes of at least 4 members (excludes halogenated alkanes) is 2. The van der Waals surface area contributed by atoms with Crippen molar-refractivity contribution in [1.82, 2.24) is 4.90 Å². The number of carbonyl (C=O) groups excluding carboxylic acids is 1. The van der Waals surface area contributed by atoms with Gasteiger partial charge in [-0.1, -0.05) is 49.0 Å². The average Bonchev–Trinajstić information content (AvgIpc) is 2.33. The van der Waals surface area contributed by atoms with E-state index in [0.29, 0.717) is 5.91 Å². The van der Waals surface area contributed by atoms with Crippen molar-refractivity contribution < 1.29 is 4.79 Å². The minimum absolute atomic E-state index is 0.256. The van der Waals surface area contributed by atoms with Gasteiger partial charge < -0.3 is 4.90 Å². The van der Waals surface area contributed by atoms with Crippen molar-refractivity contribution in [3.63, 3.8) is 0 Å². The molecule has 0 aliphatic carbocycles. The molecule has 0 rings (SSSR count). The first-order chi connectivity index (χ1) is 8.17. The largest absolute Gasteiger partial charge is 0.346 e. The zero-order chi connectivity index (χ0) is 13.1. The number of hydrogen-bond donors (Lipinski definition) is 0. The maximum absolute atomic E-state index is 12.2. The first-order valence-electron chi connectivity index (χ1n) is 6.98. The number of nitrogens with zero attached hydrogens (tertiary/aromatic N) is 1. The summed E-state index contributed by atoms with van der Waals surface area (Å²) in [6.45, 7) is 5.23. The van der Waals surface area contributed by atoms with Gasteiger partial charge in [0.1, 0.15) is 0 Å². The number of alkyl halides is 1. The number of hydrogen-bond acceptors (Lipinski definition) is 1. The van der Waals surface area contributed by atoms with Gasteiger partial charge in [0.05, 0.1) is 0 Å². The molecule has 2 nitrogen and oxygen atoms in total. The van der Waals surface area contributed by atoms with Crippen LogP contribution in [0.2, 0.25) is 0 Å². The third-order valence-corrected chi connectivity index (χ3v) is 3.69. The predicted octanol–water partition coefficient (Wildman–Crippen LogP) is 4.23. The molecule has 0 aromatic rings. The van der Waals surface area contributed by atoms with E-state index < -0.39 is 0 Å². The van der Waals surface area contributed by atoms with Crippen LogP contribution in [0.1, 0.15) is 58.8 Å². The molecular formula is C14H28BrNO. The zero-order valence-electron chi connectivity index (χ0n) is 11.7. The first kappa shape index (κ1) is 16.9. The van der Waals surface area contributed by atoms with Crippen LogP contribution in [0.15, 0.2) is 0 Å². The Morgan fingerprint density at radius 1 is 1.12 bits per heavy atom. The van der Waals surface area contributed by atoms with E-state index in [0.717, 1.165) is 44.0 Å². The lowest BCUT2D eigenvalue weighted by Crippen LogP contribution is -2.33. The van der Waals surface area contributed by atoms with Gasteiger partial charge in [-0.2, -0.15) is 0 Å². The second-order valence-corrected chi connectivity index (χ2v) is 5.58. The summed E-state index contributed by atoms with van der Waals surface area (Å²) in [7, 11) is 1.95. The summed E-state index contributed by atoms with van der Waals surface area (Å²) < 4.78 is 0. The molecule has 0 bridgehead atoms. The van der Waals surface area contributed by atoms with Gasteiger partial charge in [-0.3, -0.25) is 4.79 Å². The van der Waals surface area contributed by atoms with Gasteiger partial charge in [0, 0.05) is 24.8 Å². The van der Waals surface area contributed by atoms with Crippen LogP contribution in [0.25, 0.3) is 0 Å². The summed E-state index contributed by atoms with van der Waals surface area (Å²) in [5.41, 5.74) is 0. The van der Waals surface area contributed by atoms with Crippen molar-refractivity contribution in [1.29, 1.82) is 0 Å². The van der Waals surface area contributed by atoms with Crippen molar-refractivity contribution in [3.05, 3.63) is 0 Å². The number of rotatable bonds is 10. The average molecular weight is 306 g/mol. The van der Waals surface area contributed by atoms with Gasteiger partial charge in [0.15, 0.2) is 0 Å². The highest BCUT2D eigenvalue weighted by atomic mass is 79.9. The normalized spacial score (nSPS) is 10.9. The minimum Gasteiger partial charge on any atom is -0.346 e. The summed E-state index contributed by atoms with van der Waals surface area (Å²) in [4.78, 5) is 14.1. The number of halogens is 1. The molecule has 0 heterocycles. The van der Waals surface area contributed by atoms with Crippen molar-refractivity contribution >= 4 is 21.8 Å². The Balaban J connectivity index is 3.97. The molecule has 102 valence electrons. The highest BCUT2D eigenvalue weighted by Gasteiger charge is 2.19. The summed E-state index contributed by atoms with van der Waals surface area (Å²) in [5, 5.41) is 1.07. The van der Waals surface area contributed by atoms with Crippen LogP contribution in [0.3, 0.4) is 0 Å². The SMILES string of the molecule is CCCC(CCC)C(=O)N(C)CCCCCBr. The summed E-state index contributed by atoms with van der Waals surface area (Å²) in [6, 6.07) is 0. The van der Waals surface area contributed by atoms with E-state index in [2.05, 4.69) is 29.8 Å². The van der Waals surface area contributed by atoms with Gasteiger partial charge in [0.25, 0.3) is 0 Å². The first-order valence-corrected chi connectivity index (χ1v) is 8.10. The topological polar surface area (TPSA) is 20.3 Å². The molecule has 0 aromatic carbocycles. The maximum Gasteiger partial charge on any atom is 0.225 e. The maximum atomic E-state index is 12.2. The van der Waals surface area contributed by atoms with Crippen molar-refractivity contribution in [3.8, 4) is 0 Å². The molecule has 0 unspecified atom stereocenters. The standard InChI is InChI=1S/C14H28BrNO/c1-4-9-13(10-5-2)14(17)16(3)12-8-6-7-11-15/h13H,4-12H2,1-3H3. The summed E-state index contributed by atoms with van der Waals surface area (Å²) in [5.74, 6) is 0.610. The highest BCUT2D eigenvalue weighted by Crippen LogP contribution is 2.16. The molecule has 0 N–H and O–H groups in total. The lowest BCUT2D eigenvalue weighted by molar-refractivity contribution is -0.134. The van der Waals surface area contributed by atoms with Gasteiger partial charge in [-0.15, -0.1) is 0 Å². The van der Waals surface area contributed by atoms with Gasteiger partial charge in [-0.05, 0) is 25.7 Å². The molecule has 0 aliphatic rings. The molecule has 0 aliphatic heterocycles. The second kappa shape index (κ2) is 11.1. The van der Waals surface area contributed by atoms with Crippen LogP contribution in [-0.4, -0.2) is 29.7 Å². The molecule has 17 heavy (non-hydrogen) atoms. The van der Waals surface area contributed by atoms with E-state index in [1.54, 1.807) is 0 Å². The van der Waals surface area contributed by atoms with Crippen molar-refractivity contribution in [2.45, 2.75) is 58.8 Å². The fourth-order valence-corrected chi connectivity index (χ4v) is 2.53. The molecule has 0 fully saturated rings. The van der Waals surface area contributed by atoms with Crippen LogP contribution >= 0.6 is 15.9 Å². The Bertz CT molecular complexity index is 191. The van der Waals surface area contributed by atoms with Crippen LogP contribution in [0, 0.1) is 5.92 Å². The number of amides is 1. The summed E-state index contributed by atoms with van der Waals surface area (Å²) >= 11 is 3.43. The van der Waals surface area contributed by atoms with E-state index >= 15 is 0 Å². The van der Waals surface area contributed by atoms with Gasteiger partial charge in [0.2, 0.25) is 5.91 Å². The van der Waals surface area contributed by atoms with Crippen molar-refractivity contribution in [2.24, 2.45) is 5.92 Å². The Morgan fingerprint density at radius 3 is 2.18 bits per heavy atom. The Hall–Kier alpha value is -0.0500. The van der Waals surface area contributed by atoms with Gasteiger partial charge >= 0.3 is 0 Å². The van der Waals surface area contributed by atoms with Crippen LogP contribution in [0.5, 0.6) is 0 Å². The lowest BCUT2D eigenvalue weighted by Gasteiger charge is -2.23. The second-order valence-electron chi connectivity index (χ2n) is 4.78. The Labute approximate surface area is 115 Å². The van der Waals surface area contributed by atoms with E-state index in [-0.39, 0.29) is 5.92 Å². The molecule has 0 atom stereocenters. The van der Waals surface area contributed by atoms with Crippen LogP contribution in [0.4, 0.5) is 0 Å². The van der Waals surface area contributed by atoms with Crippen LogP contribution < -0.4 is 0 Å². The zero-order valence-corrected chi connectivity index (χ0v) is 13.3. The van der Waals surface area contributed by atoms with Gasteiger partial charge in [-0.25, -0.2) is 0 Å². The Kier molecular flexibility index (Phi) is 11.0. The van der Waals surface area contributed by atoms with E-state index in [4.69, 9.17) is 0 Å². The van der Waals surface area contributed by atoms with Crippen LogP contribution in [-0.2, 0) is 4.79 Å². The lowest BCUT2D eigenvalue weighted by atomic mass is 9.97. The van der Waals surface area contributed by atoms with E-state index in [1.807, 2.05) is 11.9 Å². The molecule has 0 aromatic heterocycles. The molecule has 3 heteroatoms. The monoisotopic (exact) mass is 305 g/mol. The highest BCUT2D eigenvalue weighted by molar-refractivity contribution is 9.09. The number of carbonyl (C=O) groups is 1. The molecule has 0 saturated carbocycles. The van der Waals surface area contributed by atoms with Crippen molar-refractivity contribution in [2.75, 3.05) is 18.9 Å². The molecular weight excluding hydrogens is 278 g/mol. The summed E-state index contributed by atoms with van der Waals surface area (Å²) in [6.07, 6.45) is 7.82. The quantitative estimate of drug-likeness (QED) is 0.437. The van der Waals surface area contributed by atoms with E-state index in [1.165, 1.54) is 12.8 Å². The third-order valence-electron chi connectivity index (χ3n) is 3.13. The smallest absolute Gasteiger partial charge is 0.225 e. The minimum atomic E-state index is 0.256. The fourth-order valence-electron chi connectivity index (χ4n) is 2.13.